The van der Waals surface area contributed by atoms with Crippen molar-refractivity contribution in [3.8, 4) is 0 Å². The molecule has 5 heteroatoms. The molecule has 14 heavy (non-hydrogen) atoms. The zero-order chi connectivity index (χ0) is 9.97. The molecular formula is C9H8N3Se2. The van der Waals surface area contributed by atoms with Crippen LogP contribution in [-0.4, -0.2) is 40.7 Å². The van der Waals surface area contributed by atoms with E-state index in [0.29, 0.717) is 0 Å². The SMILES string of the molecule is Cc1ccc(Nc2nnc([Se])[se]2)cc1. The standard InChI is InChI=1S/C9H8N3Se2/c1-6-2-4-7(5-3-6)10-8-11-12-9(13)14-8/h2-5H,1H3,(H,10,11). The minimum atomic E-state index is 0.227. The van der Waals surface area contributed by atoms with Gasteiger partial charge in [-0.1, -0.05) is 0 Å². The number of hydrogen-bond donors (Lipinski definition) is 1. The summed E-state index contributed by atoms with van der Waals surface area (Å²) in [4.78, 5) is 0. The summed E-state index contributed by atoms with van der Waals surface area (Å²) in [6.45, 7) is 2.07. The molecule has 3 nitrogen and oxygen atoms in total. The molecule has 0 aliphatic heterocycles. The molecule has 2 aromatic rings. The van der Waals surface area contributed by atoms with Crippen molar-refractivity contribution in [2.75, 3.05) is 5.32 Å². The summed E-state index contributed by atoms with van der Waals surface area (Å²) in [5, 5.41) is 11.2. The maximum atomic E-state index is 4.02. The number of nitrogens with one attached hydrogen (secondary N) is 1. The van der Waals surface area contributed by atoms with E-state index in [-0.39, 0.29) is 14.5 Å². The fourth-order valence-electron chi connectivity index (χ4n) is 1.02. The molecule has 0 spiro atoms. The quantitative estimate of drug-likeness (QED) is 0.814. The van der Waals surface area contributed by atoms with Gasteiger partial charge in [-0.3, -0.25) is 0 Å². The topological polar surface area (TPSA) is 37.8 Å². The Bertz CT molecular complexity index is 422. The Kier molecular flexibility index (Phi) is 3.04. The fourth-order valence-corrected chi connectivity index (χ4v) is 3.01. The van der Waals surface area contributed by atoms with Crippen LogP contribution in [0.2, 0.25) is 0 Å². The maximum absolute atomic E-state index is 4.02. The Labute approximate surface area is 96.5 Å². The van der Waals surface area contributed by atoms with E-state index in [2.05, 4.69) is 50.6 Å². The zero-order valence-electron chi connectivity index (χ0n) is 7.52. The predicted octanol–water partition coefficient (Wildman–Crippen LogP) is 0.379. The van der Waals surface area contributed by atoms with Gasteiger partial charge in [-0.2, -0.15) is 0 Å². The van der Waals surface area contributed by atoms with Crippen LogP contribution in [0.15, 0.2) is 24.3 Å². The first-order chi connectivity index (χ1) is 6.74. The van der Waals surface area contributed by atoms with E-state index in [1.54, 1.807) is 0 Å². The van der Waals surface area contributed by atoms with Crippen LogP contribution in [0.5, 0.6) is 0 Å². The van der Waals surface area contributed by atoms with Crippen LogP contribution >= 0.6 is 0 Å². The van der Waals surface area contributed by atoms with Crippen molar-refractivity contribution in [2.45, 2.75) is 6.92 Å². The number of aryl methyl sites for hydroxylation is 1. The van der Waals surface area contributed by atoms with Crippen LogP contribution in [0.3, 0.4) is 0 Å². The number of aromatic nitrogens is 2. The molecule has 2 rings (SSSR count). The van der Waals surface area contributed by atoms with Gasteiger partial charge in [0.15, 0.2) is 0 Å². The van der Waals surface area contributed by atoms with Gasteiger partial charge in [-0.15, -0.1) is 0 Å². The number of rotatable bonds is 2. The van der Waals surface area contributed by atoms with E-state index in [9.17, 15) is 0 Å². The van der Waals surface area contributed by atoms with Crippen LogP contribution in [-0.2, 0) is 0 Å². The van der Waals surface area contributed by atoms with E-state index in [1.165, 1.54) is 5.56 Å². The van der Waals surface area contributed by atoms with Gasteiger partial charge in [0.05, 0.1) is 0 Å². The number of benzene rings is 1. The molecule has 0 aliphatic carbocycles. The first-order valence-corrected chi connectivity index (χ1v) is 6.65. The second-order valence-corrected chi connectivity index (χ2v) is 7.04. The van der Waals surface area contributed by atoms with Crippen molar-refractivity contribution < 1.29 is 0 Å². The van der Waals surface area contributed by atoms with Crippen LogP contribution in [0.25, 0.3) is 0 Å². The van der Waals surface area contributed by atoms with Crippen molar-refractivity contribution in [1.82, 2.24) is 10.2 Å². The summed E-state index contributed by atoms with van der Waals surface area (Å²) in [6, 6.07) is 8.24. The van der Waals surface area contributed by atoms with Gasteiger partial charge in [0.25, 0.3) is 0 Å². The van der Waals surface area contributed by atoms with Crippen molar-refractivity contribution >= 4 is 44.4 Å². The van der Waals surface area contributed by atoms with Crippen molar-refractivity contribution in [3.63, 3.8) is 0 Å². The van der Waals surface area contributed by atoms with E-state index in [4.69, 9.17) is 0 Å². The average Bonchev–Trinajstić information content (AvgIpc) is 2.56. The molecule has 0 bridgehead atoms. The minimum absolute atomic E-state index is 0.227. The van der Waals surface area contributed by atoms with Gasteiger partial charge < -0.3 is 0 Å². The Morgan fingerprint density at radius 2 is 1.93 bits per heavy atom. The van der Waals surface area contributed by atoms with Crippen molar-refractivity contribution in [2.24, 2.45) is 0 Å². The third-order valence-corrected chi connectivity index (χ3v) is 4.12. The molecule has 0 saturated heterocycles. The summed E-state index contributed by atoms with van der Waals surface area (Å²) in [6.07, 6.45) is 0. The molecule has 1 aromatic carbocycles. The molecular weight excluding hydrogens is 308 g/mol. The summed E-state index contributed by atoms with van der Waals surface area (Å²) >= 11 is 3.11. The number of nitrogens with zero attached hydrogens (tertiary/aromatic N) is 2. The molecule has 0 unspecified atom stereocenters. The molecule has 0 fully saturated rings. The summed E-state index contributed by atoms with van der Waals surface area (Å²) in [7, 11) is 0. The predicted molar refractivity (Wildman–Crippen MR) is 58.8 cm³/mol. The normalized spacial score (nSPS) is 10.1. The third-order valence-electron chi connectivity index (χ3n) is 1.71. The second kappa shape index (κ2) is 4.28. The van der Waals surface area contributed by atoms with Crippen LogP contribution in [0, 0.1) is 6.92 Å². The van der Waals surface area contributed by atoms with Gasteiger partial charge in [-0.05, 0) is 0 Å². The zero-order valence-corrected chi connectivity index (χ0v) is 10.9. The van der Waals surface area contributed by atoms with Gasteiger partial charge in [0, 0.05) is 0 Å². The molecule has 0 atom stereocenters. The molecule has 1 N–H and O–H groups in total. The second-order valence-electron chi connectivity index (χ2n) is 2.86. The third kappa shape index (κ3) is 2.46. The molecule has 71 valence electrons. The first-order valence-electron chi connectivity index (χ1n) is 4.08. The monoisotopic (exact) mass is 318 g/mol. The van der Waals surface area contributed by atoms with Gasteiger partial charge in [0.2, 0.25) is 0 Å². The Morgan fingerprint density at radius 3 is 2.50 bits per heavy atom. The molecule has 0 saturated carbocycles. The molecule has 1 aromatic heterocycles. The van der Waals surface area contributed by atoms with E-state index >= 15 is 0 Å². The first kappa shape index (κ1) is 9.94. The summed E-state index contributed by atoms with van der Waals surface area (Å²) in [5.74, 6) is 0. The van der Waals surface area contributed by atoms with Crippen LogP contribution in [0.4, 0.5) is 10.4 Å². The van der Waals surface area contributed by atoms with Gasteiger partial charge in [0.1, 0.15) is 0 Å². The number of hydrogen-bond acceptors (Lipinski definition) is 3. The fraction of sp³-hybridized carbons (Fsp3) is 0.111. The molecule has 0 aliphatic rings. The molecule has 1 heterocycles. The molecule has 0 amide bonds. The van der Waals surface area contributed by atoms with Gasteiger partial charge >= 0.3 is 96.6 Å². The Balaban J connectivity index is 2.15. The Morgan fingerprint density at radius 1 is 1.21 bits per heavy atom. The number of anilines is 2. The van der Waals surface area contributed by atoms with Crippen molar-refractivity contribution in [1.29, 1.82) is 0 Å². The van der Waals surface area contributed by atoms with Crippen LogP contribution < -0.4 is 8.78 Å². The van der Waals surface area contributed by atoms with E-state index < -0.39 is 0 Å². The van der Waals surface area contributed by atoms with E-state index in [0.717, 1.165) is 13.8 Å². The summed E-state index contributed by atoms with van der Waals surface area (Å²) < 4.78 is 1.95. The van der Waals surface area contributed by atoms with Crippen LogP contribution in [0.1, 0.15) is 5.56 Å². The summed E-state index contributed by atoms with van der Waals surface area (Å²) in [5.41, 5.74) is 2.33. The van der Waals surface area contributed by atoms with E-state index in [1.807, 2.05) is 12.1 Å². The van der Waals surface area contributed by atoms with Gasteiger partial charge in [-0.25, -0.2) is 0 Å². The Hall–Kier alpha value is -0.601. The average molecular weight is 316 g/mol. The van der Waals surface area contributed by atoms with Crippen molar-refractivity contribution in [3.05, 3.63) is 29.8 Å². The molecule has 1 radical (unpaired) electrons.